The first kappa shape index (κ1) is 47.9. The first-order chi connectivity index (χ1) is 24.1. The van der Waals surface area contributed by atoms with Crippen LogP contribution in [0.2, 0.25) is 0 Å². The van der Waals surface area contributed by atoms with Gasteiger partial charge in [-0.2, -0.15) is 0 Å². The van der Waals surface area contributed by atoms with Gasteiger partial charge in [-0.25, -0.2) is 4.57 Å². The van der Waals surface area contributed by atoms with Crippen LogP contribution in [0.5, 0.6) is 0 Å². The monoisotopic (exact) mass is 723 g/mol. The van der Waals surface area contributed by atoms with Gasteiger partial charge in [0.1, 0.15) is 19.3 Å². The second-order valence-electron chi connectivity index (χ2n) is 13.6. The molecule has 0 bridgehead atoms. The number of phosphoric ester groups is 1. The van der Waals surface area contributed by atoms with Crippen LogP contribution in [0.25, 0.3) is 0 Å². The zero-order valence-corrected chi connectivity index (χ0v) is 33.2. The Morgan fingerprint density at radius 3 is 1.66 bits per heavy atom. The third-order valence-corrected chi connectivity index (χ3v) is 8.52. The van der Waals surface area contributed by atoms with Gasteiger partial charge in [-0.1, -0.05) is 132 Å². The van der Waals surface area contributed by atoms with Crippen LogP contribution >= 0.6 is 7.82 Å². The topological polar surface area (TPSA) is 91.3 Å². The van der Waals surface area contributed by atoms with Gasteiger partial charge < -0.3 is 18.9 Å². The van der Waals surface area contributed by atoms with Crippen molar-refractivity contribution in [2.75, 3.05) is 54.1 Å². The van der Waals surface area contributed by atoms with E-state index in [2.05, 4.69) is 86.8 Å². The molecule has 0 aliphatic rings. The highest BCUT2D eigenvalue weighted by Gasteiger charge is 2.26. The van der Waals surface area contributed by atoms with Crippen molar-refractivity contribution in [1.82, 2.24) is 0 Å². The first-order valence-electron chi connectivity index (χ1n) is 19.2. The number of carbonyl (C=O) groups is 1. The number of quaternary nitrogens is 1. The lowest BCUT2D eigenvalue weighted by molar-refractivity contribution is -0.870. The van der Waals surface area contributed by atoms with Crippen molar-refractivity contribution in [2.24, 2.45) is 0 Å². The van der Waals surface area contributed by atoms with Crippen LogP contribution in [0.1, 0.15) is 123 Å². The van der Waals surface area contributed by atoms with Gasteiger partial charge in [0, 0.05) is 13.0 Å². The smallest absolute Gasteiger partial charge is 0.457 e. The van der Waals surface area contributed by atoms with Gasteiger partial charge in [0.2, 0.25) is 0 Å². The van der Waals surface area contributed by atoms with Crippen molar-refractivity contribution < 1.29 is 37.3 Å². The molecule has 0 aromatic rings. The molecule has 0 radical (unpaired) electrons. The highest BCUT2D eigenvalue weighted by Crippen LogP contribution is 2.43. The van der Waals surface area contributed by atoms with E-state index in [9.17, 15) is 14.3 Å². The Morgan fingerprint density at radius 1 is 0.640 bits per heavy atom. The fourth-order valence-corrected chi connectivity index (χ4v) is 5.31. The van der Waals surface area contributed by atoms with Crippen LogP contribution in [-0.4, -0.2) is 75.6 Å². The summed E-state index contributed by atoms with van der Waals surface area (Å²) in [4.78, 5) is 22.7. The fraction of sp³-hybridized carbons (Fsp3) is 0.683. The van der Waals surface area contributed by atoms with Gasteiger partial charge in [0.05, 0.1) is 34.4 Å². The molecular formula is C41H73NO7P+. The van der Waals surface area contributed by atoms with Crippen molar-refractivity contribution in [3.05, 3.63) is 72.9 Å². The summed E-state index contributed by atoms with van der Waals surface area (Å²) in [7, 11) is 1.62. The summed E-state index contributed by atoms with van der Waals surface area (Å²) in [5.41, 5.74) is 0. The molecule has 2 atom stereocenters. The number of ether oxygens (including phenoxy) is 2. The third kappa shape index (κ3) is 37.2. The highest BCUT2D eigenvalue weighted by molar-refractivity contribution is 7.47. The number of likely N-dealkylation sites (N-methyl/N-ethyl adjacent to an activating group) is 1. The predicted molar refractivity (Wildman–Crippen MR) is 210 cm³/mol. The Balaban J connectivity index is 4.36. The molecule has 0 spiro atoms. The minimum absolute atomic E-state index is 0.0747. The second-order valence-corrected chi connectivity index (χ2v) is 15.0. The van der Waals surface area contributed by atoms with Crippen molar-refractivity contribution in [3.63, 3.8) is 0 Å². The van der Waals surface area contributed by atoms with Crippen LogP contribution in [0.15, 0.2) is 72.9 Å². The van der Waals surface area contributed by atoms with Gasteiger partial charge in [0.25, 0.3) is 0 Å². The predicted octanol–water partition coefficient (Wildman–Crippen LogP) is 10.8. The average Bonchev–Trinajstić information content (AvgIpc) is 3.06. The Labute approximate surface area is 306 Å². The molecule has 50 heavy (non-hydrogen) atoms. The lowest BCUT2D eigenvalue weighted by Crippen LogP contribution is -2.37. The number of carbonyl (C=O) groups excluding carboxylic acids is 1. The molecule has 0 saturated heterocycles. The summed E-state index contributed by atoms with van der Waals surface area (Å²) >= 11 is 0. The maximum absolute atomic E-state index is 12.5. The quantitative estimate of drug-likeness (QED) is 0.0232. The molecule has 0 heterocycles. The molecule has 0 aromatic heterocycles. The van der Waals surface area contributed by atoms with E-state index in [1.54, 1.807) is 0 Å². The summed E-state index contributed by atoms with van der Waals surface area (Å²) in [5.74, 6) is -0.343. The molecule has 0 amide bonds. The summed E-state index contributed by atoms with van der Waals surface area (Å²) in [6, 6.07) is 0. The van der Waals surface area contributed by atoms with E-state index in [-0.39, 0.29) is 25.8 Å². The number of unbranched alkanes of at least 4 members (excludes halogenated alkanes) is 8. The number of nitrogens with zero attached hydrogens (tertiary/aromatic N) is 1. The minimum Gasteiger partial charge on any atom is -0.457 e. The van der Waals surface area contributed by atoms with Gasteiger partial charge in [-0.05, 0) is 57.8 Å². The van der Waals surface area contributed by atoms with Crippen LogP contribution in [0.4, 0.5) is 0 Å². The number of rotatable bonds is 34. The van der Waals surface area contributed by atoms with Crippen molar-refractivity contribution in [3.8, 4) is 0 Å². The van der Waals surface area contributed by atoms with Gasteiger partial charge in [-0.15, -0.1) is 0 Å². The van der Waals surface area contributed by atoms with Gasteiger partial charge in [0.15, 0.2) is 0 Å². The van der Waals surface area contributed by atoms with Crippen LogP contribution in [-0.2, 0) is 27.9 Å². The molecule has 0 aliphatic carbocycles. The van der Waals surface area contributed by atoms with Crippen molar-refractivity contribution in [2.45, 2.75) is 129 Å². The highest BCUT2D eigenvalue weighted by atomic mass is 31.2. The molecule has 288 valence electrons. The maximum Gasteiger partial charge on any atom is 0.472 e. The summed E-state index contributed by atoms with van der Waals surface area (Å²) in [6.07, 6.45) is 42.4. The zero-order chi connectivity index (χ0) is 37.0. The normalized spacial score (nSPS) is 14.8. The molecule has 0 rings (SSSR count). The van der Waals surface area contributed by atoms with E-state index in [1.165, 1.54) is 32.1 Å². The standard InChI is InChI=1S/C41H72NO7P/c1-6-8-10-12-14-16-17-18-19-20-21-22-23-24-25-26-27-29-31-33-36-46-38-40(39-48-50(44,45)47-37-35-42(3,4)5)49-41(43)34-32-30-28-15-13-11-9-7-2/h8,10,14,16,18-19,21-22,24-25,27,29,40H,6-7,9,11-13,15,17,20,23,26,28,30-39H2,1-5H3/p+1/b10-8-,16-14-,19-18-,22-21-,25-24-,29-27-. The largest absolute Gasteiger partial charge is 0.472 e. The molecule has 0 saturated carbocycles. The average molecular weight is 723 g/mol. The van der Waals surface area contributed by atoms with Crippen molar-refractivity contribution in [1.29, 1.82) is 0 Å². The minimum atomic E-state index is -4.28. The second kappa shape index (κ2) is 34.0. The van der Waals surface area contributed by atoms with Gasteiger partial charge >= 0.3 is 13.8 Å². The van der Waals surface area contributed by atoms with Crippen LogP contribution in [0, 0.1) is 0 Å². The molecule has 9 heteroatoms. The summed E-state index contributed by atoms with van der Waals surface area (Å²) in [5, 5.41) is 0. The lowest BCUT2D eigenvalue weighted by Gasteiger charge is -2.24. The number of hydrogen-bond donors (Lipinski definition) is 1. The number of phosphoric acid groups is 1. The molecule has 0 aromatic carbocycles. The fourth-order valence-electron chi connectivity index (χ4n) is 4.57. The number of hydrogen-bond acceptors (Lipinski definition) is 6. The molecule has 0 fully saturated rings. The van der Waals surface area contributed by atoms with E-state index < -0.39 is 13.9 Å². The lowest BCUT2D eigenvalue weighted by atomic mass is 10.1. The Hall–Kier alpha value is -2.06. The Bertz CT molecular complexity index is 1030. The summed E-state index contributed by atoms with van der Waals surface area (Å²) < 4.78 is 34.7. The van der Waals surface area contributed by atoms with Crippen LogP contribution in [0.3, 0.4) is 0 Å². The van der Waals surface area contributed by atoms with Gasteiger partial charge in [-0.3, -0.25) is 13.8 Å². The first-order valence-corrected chi connectivity index (χ1v) is 20.7. The molecule has 1 N–H and O–H groups in total. The Kier molecular flexibility index (Phi) is 32.6. The van der Waals surface area contributed by atoms with E-state index in [1.807, 2.05) is 21.1 Å². The molecule has 2 unspecified atom stereocenters. The van der Waals surface area contributed by atoms with E-state index in [0.717, 1.165) is 70.6 Å². The number of esters is 1. The SMILES string of the molecule is CC/C=C\C/C=C\C/C=C\C/C=C\C/C=C\C/C=C\CCCOCC(COP(=O)(O)OCC[N+](C)(C)C)OC(=O)CCCCCCCCCC. The van der Waals surface area contributed by atoms with E-state index in [4.69, 9.17) is 18.5 Å². The Morgan fingerprint density at radius 2 is 1.14 bits per heavy atom. The molecular weight excluding hydrogens is 649 g/mol. The summed E-state index contributed by atoms with van der Waals surface area (Å²) in [6.45, 7) is 5.28. The maximum atomic E-state index is 12.5. The van der Waals surface area contributed by atoms with E-state index >= 15 is 0 Å². The van der Waals surface area contributed by atoms with Crippen LogP contribution < -0.4 is 0 Å². The number of allylic oxidation sites excluding steroid dienone is 12. The molecule has 0 aliphatic heterocycles. The molecule has 8 nitrogen and oxygen atoms in total. The van der Waals surface area contributed by atoms with Crippen molar-refractivity contribution >= 4 is 13.8 Å². The zero-order valence-electron chi connectivity index (χ0n) is 32.4. The third-order valence-electron chi connectivity index (χ3n) is 7.53. The van der Waals surface area contributed by atoms with E-state index in [0.29, 0.717) is 24.1 Å².